The number of piperazine rings is 1. The first-order valence-electron chi connectivity index (χ1n) is 9.71. The molecule has 2 saturated heterocycles. The predicted molar refractivity (Wildman–Crippen MR) is 105 cm³/mol. The number of anilines is 1. The van der Waals surface area contributed by atoms with Crippen LogP contribution >= 0.6 is 0 Å². The Balaban J connectivity index is 1.54. The molecule has 1 amide bonds. The zero-order valence-corrected chi connectivity index (χ0v) is 17.1. The van der Waals surface area contributed by atoms with Crippen molar-refractivity contribution < 1.29 is 27.2 Å². The fraction of sp³-hybridized carbons (Fsp3) is 0.632. The number of carbonyl (C=O) groups is 1. The molecule has 0 bridgehead atoms. The fourth-order valence-electron chi connectivity index (χ4n) is 3.95. The van der Waals surface area contributed by atoms with Crippen LogP contribution in [-0.4, -0.2) is 89.8 Å². The van der Waals surface area contributed by atoms with E-state index < -0.39 is 9.84 Å². The second-order valence-electron chi connectivity index (χ2n) is 7.53. The SMILES string of the molecule is COCCN(C(=O)C[NH+]1CCN(c2ccc(F)cc2)CC1)[C@@H]1CCS(=O)(=O)C1. The molecule has 1 aromatic carbocycles. The Kier molecular flexibility index (Phi) is 6.90. The van der Waals surface area contributed by atoms with Gasteiger partial charge >= 0.3 is 0 Å². The molecule has 0 radical (unpaired) electrons. The van der Waals surface area contributed by atoms with Crippen molar-refractivity contribution in [2.24, 2.45) is 0 Å². The number of halogens is 1. The van der Waals surface area contributed by atoms with Crippen LogP contribution in [0.4, 0.5) is 10.1 Å². The van der Waals surface area contributed by atoms with Crippen LogP contribution in [0.1, 0.15) is 6.42 Å². The lowest BCUT2D eigenvalue weighted by Gasteiger charge is -2.35. The van der Waals surface area contributed by atoms with Crippen molar-refractivity contribution in [3.05, 3.63) is 30.1 Å². The van der Waals surface area contributed by atoms with Gasteiger partial charge in [-0.25, -0.2) is 12.8 Å². The van der Waals surface area contributed by atoms with Gasteiger partial charge in [0.05, 0.1) is 44.3 Å². The second kappa shape index (κ2) is 9.19. The minimum atomic E-state index is -3.05. The van der Waals surface area contributed by atoms with Gasteiger partial charge in [0.15, 0.2) is 16.4 Å². The van der Waals surface area contributed by atoms with E-state index in [-0.39, 0.29) is 29.3 Å². The number of sulfone groups is 1. The minimum Gasteiger partial charge on any atom is -0.383 e. The van der Waals surface area contributed by atoms with Gasteiger partial charge < -0.3 is 19.4 Å². The first-order valence-corrected chi connectivity index (χ1v) is 11.5. The highest BCUT2D eigenvalue weighted by Crippen LogP contribution is 2.18. The molecule has 7 nitrogen and oxygen atoms in total. The number of amides is 1. The highest BCUT2D eigenvalue weighted by molar-refractivity contribution is 7.91. The molecule has 1 N–H and O–H groups in total. The molecular formula is C19H29FN3O4S+. The van der Waals surface area contributed by atoms with Crippen molar-refractivity contribution in [3.63, 3.8) is 0 Å². The highest BCUT2D eigenvalue weighted by atomic mass is 32.2. The molecule has 0 aliphatic carbocycles. The van der Waals surface area contributed by atoms with Crippen LogP contribution in [0.2, 0.25) is 0 Å². The average molecular weight is 415 g/mol. The number of methoxy groups -OCH3 is 1. The van der Waals surface area contributed by atoms with Gasteiger partial charge in [-0.05, 0) is 30.7 Å². The van der Waals surface area contributed by atoms with Crippen molar-refractivity contribution in [1.29, 1.82) is 0 Å². The van der Waals surface area contributed by atoms with Crippen LogP contribution in [-0.2, 0) is 19.4 Å². The van der Waals surface area contributed by atoms with E-state index in [1.165, 1.54) is 17.0 Å². The first kappa shape index (κ1) is 21.0. The summed E-state index contributed by atoms with van der Waals surface area (Å²) in [6.07, 6.45) is 0.505. The molecule has 1 aromatic rings. The van der Waals surface area contributed by atoms with E-state index in [4.69, 9.17) is 4.74 Å². The molecule has 0 unspecified atom stereocenters. The van der Waals surface area contributed by atoms with E-state index in [1.54, 1.807) is 24.1 Å². The Morgan fingerprint density at radius 2 is 1.96 bits per heavy atom. The van der Waals surface area contributed by atoms with Crippen LogP contribution < -0.4 is 9.80 Å². The normalized spacial score (nSPS) is 22.4. The molecule has 156 valence electrons. The third-order valence-electron chi connectivity index (χ3n) is 5.57. The van der Waals surface area contributed by atoms with Gasteiger partial charge in [0.25, 0.3) is 5.91 Å². The van der Waals surface area contributed by atoms with Crippen molar-refractivity contribution in [2.45, 2.75) is 12.5 Å². The topological polar surface area (TPSA) is 71.4 Å². The molecule has 2 heterocycles. The number of nitrogens with one attached hydrogen (secondary N) is 1. The maximum Gasteiger partial charge on any atom is 0.278 e. The Morgan fingerprint density at radius 1 is 1.29 bits per heavy atom. The molecule has 2 aliphatic heterocycles. The predicted octanol–water partition coefficient (Wildman–Crippen LogP) is -0.807. The largest absolute Gasteiger partial charge is 0.383 e. The fourth-order valence-corrected chi connectivity index (χ4v) is 5.68. The lowest BCUT2D eigenvalue weighted by Crippen LogP contribution is -3.16. The summed E-state index contributed by atoms with van der Waals surface area (Å²) in [5.74, 6) is -0.0543. The zero-order valence-electron chi connectivity index (χ0n) is 16.3. The van der Waals surface area contributed by atoms with Gasteiger partial charge in [0.2, 0.25) is 0 Å². The van der Waals surface area contributed by atoms with Gasteiger partial charge in [-0.3, -0.25) is 4.79 Å². The summed E-state index contributed by atoms with van der Waals surface area (Å²) in [5, 5.41) is 0. The van der Waals surface area contributed by atoms with Gasteiger partial charge in [0.1, 0.15) is 5.82 Å². The van der Waals surface area contributed by atoms with E-state index in [0.717, 1.165) is 31.9 Å². The number of carbonyl (C=O) groups excluding carboxylic acids is 1. The van der Waals surface area contributed by atoms with E-state index >= 15 is 0 Å². The van der Waals surface area contributed by atoms with Gasteiger partial charge in [-0.15, -0.1) is 0 Å². The quantitative estimate of drug-likeness (QED) is 0.632. The number of rotatable bonds is 7. The number of ether oxygens (including phenoxy) is 1. The van der Waals surface area contributed by atoms with E-state index in [2.05, 4.69) is 4.90 Å². The molecule has 2 aliphatic rings. The van der Waals surface area contributed by atoms with Crippen LogP contribution in [0.5, 0.6) is 0 Å². The van der Waals surface area contributed by atoms with Crippen molar-refractivity contribution in [1.82, 2.24) is 4.90 Å². The summed E-state index contributed by atoms with van der Waals surface area (Å²) in [7, 11) is -1.47. The molecule has 0 spiro atoms. The first-order chi connectivity index (χ1) is 13.4. The summed E-state index contributed by atoms with van der Waals surface area (Å²) < 4.78 is 41.8. The summed E-state index contributed by atoms with van der Waals surface area (Å²) in [6, 6.07) is 6.23. The van der Waals surface area contributed by atoms with E-state index in [1.807, 2.05) is 0 Å². The standard InChI is InChI=1S/C19H28FN3O4S/c1-27-12-11-23(18-6-13-28(25,26)15-18)19(24)14-21-7-9-22(10-8-21)17-4-2-16(20)3-5-17/h2-5,18H,6-15H2,1H3/p+1/t18-/m1/s1. The van der Waals surface area contributed by atoms with Crippen molar-refractivity contribution in [3.8, 4) is 0 Å². The minimum absolute atomic E-state index is 0.00983. The lowest BCUT2D eigenvalue weighted by molar-refractivity contribution is -0.892. The summed E-state index contributed by atoms with van der Waals surface area (Å²) in [6.45, 7) is 4.39. The Labute approximate surface area is 166 Å². The summed E-state index contributed by atoms with van der Waals surface area (Å²) in [4.78, 5) is 18.0. The molecular weight excluding hydrogens is 385 g/mol. The van der Waals surface area contributed by atoms with E-state index in [0.29, 0.717) is 26.1 Å². The molecule has 3 rings (SSSR count). The molecule has 9 heteroatoms. The van der Waals surface area contributed by atoms with Crippen LogP contribution in [0, 0.1) is 5.82 Å². The summed E-state index contributed by atoms with van der Waals surface area (Å²) in [5.41, 5.74) is 0.990. The number of hydrogen-bond donors (Lipinski definition) is 1. The summed E-state index contributed by atoms with van der Waals surface area (Å²) >= 11 is 0. The molecule has 28 heavy (non-hydrogen) atoms. The molecule has 2 fully saturated rings. The van der Waals surface area contributed by atoms with E-state index in [9.17, 15) is 17.6 Å². The number of quaternary nitrogens is 1. The van der Waals surface area contributed by atoms with Gasteiger partial charge in [-0.2, -0.15) is 0 Å². The third-order valence-corrected chi connectivity index (χ3v) is 7.32. The van der Waals surface area contributed by atoms with Crippen molar-refractivity contribution in [2.75, 3.05) is 69.4 Å². The molecule has 0 saturated carbocycles. The zero-order chi connectivity index (χ0) is 20.1. The van der Waals surface area contributed by atoms with Crippen molar-refractivity contribution >= 4 is 21.4 Å². The van der Waals surface area contributed by atoms with Crippen LogP contribution in [0.25, 0.3) is 0 Å². The molecule has 0 aromatic heterocycles. The van der Waals surface area contributed by atoms with Crippen LogP contribution in [0.15, 0.2) is 24.3 Å². The maximum absolute atomic E-state index is 13.1. The average Bonchev–Trinajstić information content (AvgIpc) is 3.03. The third kappa shape index (κ3) is 5.42. The Morgan fingerprint density at radius 3 is 2.54 bits per heavy atom. The lowest BCUT2D eigenvalue weighted by atomic mass is 10.2. The van der Waals surface area contributed by atoms with Gasteiger partial charge in [-0.1, -0.05) is 0 Å². The highest BCUT2D eigenvalue weighted by Gasteiger charge is 2.36. The smallest absolute Gasteiger partial charge is 0.278 e. The second-order valence-corrected chi connectivity index (χ2v) is 9.76. The van der Waals surface area contributed by atoms with Gasteiger partial charge in [0, 0.05) is 25.4 Å². The Bertz CT molecular complexity index is 764. The Hall–Kier alpha value is -1.71. The number of hydrogen-bond acceptors (Lipinski definition) is 5. The number of nitrogens with zero attached hydrogens (tertiary/aromatic N) is 2. The van der Waals surface area contributed by atoms with Crippen LogP contribution in [0.3, 0.4) is 0 Å². The number of benzene rings is 1. The monoisotopic (exact) mass is 414 g/mol. The maximum atomic E-state index is 13.1. The molecule has 1 atom stereocenters.